The number of likely N-dealkylation sites (N-methyl/N-ethyl adjacent to an activating group) is 1. The van der Waals surface area contributed by atoms with Crippen LogP contribution in [-0.4, -0.2) is 49.7 Å². The number of aryl methyl sites for hydroxylation is 2. The van der Waals surface area contributed by atoms with Gasteiger partial charge in [-0.2, -0.15) is 5.21 Å². The molecule has 0 fully saturated rings. The molecule has 6 nitrogen and oxygen atoms in total. The van der Waals surface area contributed by atoms with Crippen molar-refractivity contribution >= 4 is 12.1 Å². The van der Waals surface area contributed by atoms with Gasteiger partial charge in [0.15, 0.2) is 0 Å². The zero-order chi connectivity index (χ0) is 16.5. The van der Waals surface area contributed by atoms with Gasteiger partial charge < -0.3 is 15.5 Å². The third-order valence-electron chi connectivity index (χ3n) is 3.63. The molecule has 0 aromatic heterocycles. The molecule has 0 atom stereocenters. The standard InChI is InChI=1S/C16H24N4O2/c1-12-9-13(2)16(14(3)15(12)10-19-22)18-6-8-20(11-21)7-5-17-4/h9,11,17-18H,5-8H2,1-4H3/p+1. The topological polar surface area (TPSA) is 69.0 Å². The van der Waals surface area contributed by atoms with E-state index in [1.165, 1.54) is 0 Å². The first-order valence-electron chi connectivity index (χ1n) is 7.33. The summed E-state index contributed by atoms with van der Waals surface area (Å²) in [7, 11) is 1.86. The largest absolute Gasteiger partial charge is 0.388 e. The molecule has 6 heteroatoms. The Kier molecular flexibility index (Phi) is 7.20. The van der Waals surface area contributed by atoms with Gasteiger partial charge in [0.25, 0.3) is 0 Å². The van der Waals surface area contributed by atoms with Crippen molar-refractivity contribution in [2.45, 2.75) is 20.8 Å². The lowest BCUT2D eigenvalue weighted by molar-refractivity contribution is -0.117. The Morgan fingerprint density at radius 3 is 2.55 bits per heavy atom. The van der Waals surface area contributed by atoms with Crippen LogP contribution >= 0.6 is 0 Å². The highest BCUT2D eigenvalue weighted by atomic mass is 16.4. The molecule has 120 valence electrons. The molecule has 0 bridgehead atoms. The van der Waals surface area contributed by atoms with Crippen LogP contribution in [-0.2, 0) is 4.79 Å². The van der Waals surface area contributed by atoms with E-state index in [0.717, 1.165) is 40.9 Å². The van der Waals surface area contributed by atoms with Gasteiger partial charge in [-0.1, -0.05) is 6.07 Å². The molecule has 0 radical (unpaired) electrons. The van der Waals surface area contributed by atoms with E-state index in [-0.39, 0.29) is 0 Å². The Balaban J connectivity index is 2.78. The lowest BCUT2D eigenvalue weighted by atomic mass is 9.98. The molecule has 0 heterocycles. The smallest absolute Gasteiger partial charge is 0.383 e. The summed E-state index contributed by atoms with van der Waals surface area (Å²) in [4.78, 5) is 12.7. The van der Waals surface area contributed by atoms with Gasteiger partial charge in [0.1, 0.15) is 5.56 Å². The molecule has 0 aliphatic carbocycles. The molecule has 1 aromatic rings. The Morgan fingerprint density at radius 1 is 1.27 bits per heavy atom. The van der Waals surface area contributed by atoms with Gasteiger partial charge in [0.2, 0.25) is 11.4 Å². The van der Waals surface area contributed by atoms with Crippen LogP contribution in [0.1, 0.15) is 22.3 Å². The van der Waals surface area contributed by atoms with Crippen LogP contribution in [0.4, 0.5) is 5.69 Å². The zero-order valence-electron chi connectivity index (χ0n) is 13.7. The molecular formula is C16H25N4O2+. The molecule has 0 aliphatic heterocycles. The highest BCUT2D eigenvalue weighted by Gasteiger charge is 2.14. The number of hydrogen-bond acceptors (Lipinski definition) is 4. The number of nitrogens with one attached hydrogen (secondary N) is 2. The molecule has 0 saturated carbocycles. The first kappa shape index (κ1) is 17.8. The van der Waals surface area contributed by atoms with Crippen LogP contribution in [0.2, 0.25) is 0 Å². The SMILES string of the molecule is CNCCN(C=O)CCNc1c(C)cc(C)c(C#[N+]O)c1C. The summed E-state index contributed by atoms with van der Waals surface area (Å²) in [6.45, 7) is 8.70. The van der Waals surface area contributed by atoms with Crippen molar-refractivity contribution in [3.05, 3.63) is 33.3 Å². The highest BCUT2D eigenvalue weighted by molar-refractivity contribution is 5.65. The Morgan fingerprint density at radius 2 is 1.95 bits per heavy atom. The Bertz CT molecular complexity index is 576. The molecule has 0 unspecified atom stereocenters. The lowest BCUT2D eigenvalue weighted by Crippen LogP contribution is -2.33. The Hall–Kier alpha value is -2.26. The molecule has 1 rings (SSSR count). The van der Waals surface area contributed by atoms with E-state index >= 15 is 0 Å². The zero-order valence-corrected chi connectivity index (χ0v) is 13.7. The quantitative estimate of drug-likeness (QED) is 0.506. The summed E-state index contributed by atoms with van der Waals surface area (Å²) in [6, 6.07) is 4.64. The number of nitrogens with zero attached hydrogens (tertiary/aromatic N) is 2. The number of benzene rings is 1. The van der Waals surface area contributed by atoms with Crippen LogP contribution < -0.4 is 10.6 Å². The van der Waals surface area contributed by atoms with E-state index in [1.54, 1.807) is 4.90 Å². The van der Waals surface area contributed by atoms with Gasteiger partial charge in [-0.15, -0.1) is 0 Å². The van der Waals surface area contributed by atoms with Gasteiger partial charge in [0.05, 0.1) is 0 Å². The summed E-state index contributed by atoms with van der Waals surface area (Å²) >= 11 is 0. The maximum atomic E-state index is 11.0. The van der Waals surface area contributed by atoms with Crippen LogP contribution in [0.3, 0.4) is 0 Å². The van der Waals surface area contributed by atoms with Gasteiger partial charge in [0, 0.05) is 31.9 Å². The van der Waals surface area contributed by atoms with Crippen molar-refractivity contribution in [3.8, 4) is 6.07 Å². The summed E-state index contributed by atoms with van der Waals surface area (Å²) in [6.07, 6.45) is 0.867. The van der Waals surface area contributed by atoms with Crippen LogP contribution in [0.15, 0.2) is 6.07 Å². The van der Waals surface area contributed by atoms with E-state index < -0.39 is 0 Å². The van der Waals surface area contributed by atoms with E-state index in [0.29, 0.717) is 19.6 Å². The predicted molar refractivity (Wildman–Crippen MR) is 88.8 cm³/mol. The number of carbonyl (C=O) groups excluding carboxylic acids is 1. The minimum absolute atomic E-state index is 0.630. The molecular weight excluding hydrogens is 280 g/mol. The van der Waals surface area contributed by atoms with Crippen molar-refractivity contribution in [2.24, 2.45) is 0 Å². The molecule has 3 N–H and O–H groups in total. The van der Waals surface area contributed by atoms with Crippen LogP contribution in [0.5, 0.6) is 0 Å². The minimum atomic E-state index is 0.630. The van der Waals surface area contributed by atoms with Crippen molar-refractivity contribution in [1.82, 2.24) is 10.2 Å². The average molecular weight is 305 g/mol. The second kappa shape index (κ2) is 8.90. The second-order valence-corrected chi connectivity index (χ2v) is 5.27. The first-order chi connectivity index (χ1) is 10.5. The first-order valence-corrected chi connectivity index (χ1v) is 7.33. The number of carbonyl (C=O) groups is 1. The van der Waals surface area contributed by atoms with Crippen molar-refractivity contribution in [3.63, 3.8) is 0 Å². The molecule has 0 spiro atoms. The fourth-order valence-corrected chi connectivity index (χ4v) is 2.48. The summed E-state index contributed by atoms with van der Waals surface area (Å²) in [5, 5.41) is 18.1. The normalized spacial score (nSPS) is 9.82. The Labute approximate surface area is 131 Å². The van der Waals surface area contributed by atoms with Gasteiger partial charge in [-0.3, -0.25) is 4.79 Å². The fourth-order valence-electron chi connectivity index (χ4n) is 2.48. The van der Waals surface area contributed by atoms with E-state index in [9.17, 15) is 4.79 Å². The lowest BCUT2D eigenvalue weighted by Gasteiger charge is -2.19. The number of anilines is 1. The third-order valence-corrected chi connectivity index (χ3v) is 3.63. The van der Waals surface area contributed by atoms with Crippen molar-refractivity contribution in [1.29, 1.82) is 0 Å². The van der Waals surface area contributed by atoms with Gasteiger partial charge in [-0.25, -0.2) is 0 Å². The van der Waals surface area contributed by atoms with Gasteiger partial charge in [-0.05, 0) is 44.5 Å². The average Bonchev–Trinajstić information content (AvgIpc) is 2.49. The number of amides is 1. The summed E-state index contributed by atoms with van der Waals surface area (Å²) < 4.78 is 0. The summed E-state index contributed by atoms with van der Waals surface area (Å²) in [5.74, 6) is 0. The number of rotatable bonds is 8. The van der Waals surface area contributed by atoms with E-state index in [1.807, 2.05) is 33.9 Å². The predicted octanol–water partition coefficient (Wildman–Crippen LogP) is 1.77. The highest BCUT2D eigenvalue weighted by Crippen LogP contribution is 2.26. The summed E-state index contributed by atoms with van der Waals surface area (Å²) in [5.41, 5.74) is 4.91. The van der Waals surface area contributed by atoms with E-state index in [4.69, 9.17) is 5.21 Å². The van der Waals surface area contributed by atoms with Crippen molar-refractivity contribution in [2.75, 3.05) is 38.5 Å². The fraction of sp³-hybridized carbons (Fsp3) is 0.500. The third kappa shape index (κ3) is 4.64. The maximum Gasteiger partial charge on any atom is 0.388 e. The number of hydrogen-bond donors (Lipinski definition) is 3. The van der Waals surface area contributed by atoms with Crippen molar-refractivity contribution < 1.29 is 10.0 Å². The molecule has 22 heavy (non-hydrogen) atoms. The second-order valence-electron chi connectivity index (χ2n) is 5.27. The monoisotopic (exact) mass is 305 g/mol. The van der Waals surface area contributed by atoms with E-state index in [2.05, 4.69) is 21.7 Å². The molecule has 1 aromatic carbocycles. The minimum Gasteiger partial charge on any atom is -0.383 e. The maximum absolute atomic E-state index is 11.0. The molecule has 1 amide bonds. The molecule has 0 saturated heterocycles. The van der Waals surface area contributed by atoms with Gasteiger partial charge >= 0.3 is 6.07 Å². The molecule has 0 aliphatic rings. The van der Waals surface area contributed by atoms with Crippen LogP contribution in [0.25, 0.3) is 5.01 Å². The van der Waals surface area contributed by atoms with Crippen LogP contribution in [0, 0.1) is 26.8 Å².